The Morgan fingerprint density at radius 3 is 0.903 bits per heavy atom. The Bertz CT molecular complexity index is 319. The summed E-state index contributed by atoms with van der Waals surface area (Å²) in [7, 11) is 0. The van der Waals surface area contributed by atoms with Crippen molar-refractivity contribution in [2.24, 2.45) is 0 Å². The van der Waals surface area contributed by atoms with Crippen LogP contribution in [0.1, 0.15) is 161 Å². The first-order valence-corrected chi connectivity index (χ1v) is 14.1. The van der Waals surface area contributed by atoms with Crippen molar-refractivity contribution >= 4 is 0 Å². The van der Waals surface area contributed by atoms with E-state index < -0.39 is 0 Å². The molecule has 0 aliphatic heterocycles. The zero-order chi connectivity index (χ0) is 22.8. The minimum absolute atomic E-state index is 0.106. The van der Waals surface area contributed by atoms with Crippen molar-refractivity contribution in [1.29, 1.82) is 0 Å². The molecule has 31 heavy (non-hydrogen) atoms. The summed E-state index contributed by atoms with van der Waals surface area (Å²) in [4.78, 5) is 0. The molecule has 0 aliphatic carbocycles. The number of hydrogen-bond donors (Lipinski definition) is 3. The summed E-state index contributed by atoms with van der Waals surface area (Å²) in [5.41, 5.74) is 0. The Morgan fingerprint density at radius 1 is 0.387 bits per heavy atom. The average molecular weight is 443 g/mol. The van der Waals surface area contributed by atoms with Gasteiger partial charge in [-0.2, -0.15) is 0 Å². The molecule has 3 heteroatoms. The molecule has 0 aromatic carbocycles. The molecular weight excluding hydrogens is 384 g/mol. The second-order valence-electron chi connectivity index (χ2n) is 10.0. The highest BCUT2D eigenvalue weighted by Crippen LogP contribution is 2.16. The van der Waals surface area contributed by atoms with Crippen LogP contribution in [0.5, 0.6) is 0 Å². The molecule has 0 spiro atoms. The molecule has 0 aliphatic rings. The van der Waals surface area contributed by atoms with E-state index in [1.54, 1.807) is 0 Å². The maximum atomic E-state index is 9.56. The highest BCUT2D eigenvalue weighted by molar-refractivity contribution is 4.56. The quantitative estimate of drug-likeness (QED) is 0.119. The third-order valence-electron chi connectivity index (χ3n) is 6.62. The molecule has 3 N–H and O–H groups in total. The monoisotopic (exact) mass is 442 g/mol. The second kappa shape index (κ2) is 26.1. The summed E-state index contributed by atoms with van der Waals surface area (Å²) in [6.07, 6.45) is 30.6. The van der Waals surface area contributed by atoms with Crippen LogP contribution in [0.4, 0.5) is 0 Å². The molecule has 0 aromatic rings. The minimum Gasteiger partial charge on any atom is -0.396 e. The van der Waals surface area contributed by atoms with Crippen LogP contribution in [-0.4, -0.2) is 34.1 Å². The molecule has 0 heterocycles. The van der Waals surface area contributed by atoms with Crippen LogP contribution >= 0.6 is 0 Å². The van der Waals surface area contributed by atoms with Crippen LogP contribution in [0, 0.1) is 0 Å². The number of aliphatic hydroxyl groups is 3. The van der Waals surface area contributed by atoms with Gasteiger partial charge in [0.25, 0.3) is 0 Å². The van der Waals surface area contributed by atoms with Crippen LogP contribution in [0.3, 0.4) is 0 Å². The van der Waals surface area contributed by atoms with Crippen molar-refractivity contribution in [2.75, 3.05) is 6.61 Å². The van der Waals surface area contributed by atoms with E-state index >= 15 is 0 Å². The predicted molar refractivity (Wildman–Crippen MR) is 136 cm³/mol. The van der Waals surface area contributed by atoms with Gasteiger partial charge in [-0.15, -0.1) is 0 Å². The van der Waals surface area contributed by atoms with Crippen molar-refractivity contribution in [3.8, 4) is 0 Å². The summed E-state index contributed by atoms with van der Waals surface area (Å²) in [6, 6.07) is 0. The van der Waals surface area contributed by atoms with E-state index in [-0.39, 0.29) is 18.8 Å². The lowest BCUT2D eigenvalue weighted by Gasteiger charge is -2.08. The molecule has 2 atom stereocenters. The van der Waals surface area contributed by atoms with Crippen molar-refractivity contribution < 1.29 is 15.3 Å². The summed E-state index contributed by atoms with van der Waals surface area (Å²) < 4.78 is 0. The summed E-state index contributed by atoms with van der Waals surface area (Å²) in [5, 5.41) is 27.6. The average Bonchev–Trinajstić information content (AvgIpc) is 2.74. The SMILES string of the molecule is CC(O)CCCCCCCCCCCCCCCCCCCCCCCC(O)CCO. The van der Waals surface area contributed by atoms with E-state index in [4.69, 9.17) is 5.11 Å². The van der Waals surface area contributed by atoms with Gasteiger partial charge in [0.2, 0.25) is 0 Å². The lowest BCUT2D eigenvalue weighted by Crippen LogP contribution is -2.08. The maximum absolute atomic E-state index is 9.56. The van der Waals surface area contributed by atoms with Gasteiger partial charge in [-0.3, -0.25) is 0 Å². The first-order valence-electron chi connectivity index (χ1n) is 14.1. The van der Waals surface area contributed by atoms with Gasteiger partial charge in [-0.25, -0.2) is 0 Å². The highest BCUT2D eigenvalue weighted by Gasteiger charge is 2.02. The molecule has 0 bridgehead atoms. The smallest absolute Gasteiger partial charge is 0.0562 e. The molecule has 188 valence electrons. The number of rotatable bonds is 26. The fourth-order valence-electron chi connectivity index (χ4n) is 4.47. The minimum atomic E-state index is -0.294. The zero-order valence-corrected chi connectivity index (χ0v) is 21.2. The van der Waals surface area contributed by atoms with Crippen molar-refractivity contribution in [3.05, 3.63) is 0 Å². The third kappa shape index (κ3) is 27.8. The molecule has 3 nitrogen and oxygen atoms in total. The lowest BCUT2D eigenvalue weighted by atomic mass is 10.0. The van der Waals surface area contributed by atoms with Gasteiger partial charge in [-0.05, 0) is 26.2 Å². The van der Waals surface area contributed by atoms with Gasteiger partial charge >= 0.3 is 0 Å². The highest BCUT2D eigenvalue weighted by atomic mass is 16.3. The number of hydrogen-bond acceptors (Lipinski definition) is 3. The van der Waals surface area contributed by atoms with E-state index in [2.05, 4.69) is 0 Å². The van der Waals surface area contributed by atoms with E-state index in [0.29, 0.717) is 6.42 Å². The zero-order valence-electron chi connectivity index (χ0n) is 21.2. The molecule has 0 fully saturated rings. The largest absolute Gasteiger partial charge is 0.396 e. The molecule has 0 saturated carbocycles. The predicted octanol–water partition coefficient (Wildman–Crippen LogP) is 8.08. The van der Waals surface area contributed by atoms with Crippen LogP contribution in [-0.2, 0) is 0 Å². The third-order valence-corrected chi connectivity index (χ3v) is 6.62. The molecule has 0 saturated heterocycles. The Labute approximate surface area is 195 Å². The number of unbranched alkanes of at least 4 members (excludes halogenated alkanes) is 20. The van der Waals surface area contributed by atoms with Crippen LogP contribution in [0.15, 0.2) is 0 Å². The molecule has 0 amide bonds. The molecule has 0 aromatic heterocycles. The molecule has 0 radical (unpaired) electrons. The normalized spacial score (nSPS) is 13.5. The topological polar surface area (TPSA) is 60.7 Å². The Hall–Kier alpha value is -0.120. The maximum Gasteiger partial charge on any atom is 0.0562 e. The van der Waals surface area contributed by atoms with Crippen LogP contribution < -0.4 is 0 Å². The van der Waals surface area contributed by atoms with Gasteiger partial charge in [0.1, 0.15) is 0 Å². The van der Waals surface area contributed by atoms with Crippen molar-refractivity contribution in [1.82, 2.24) is 0 Å². The molecule has 2 unspecified atom stereocenters. The second-order valence-corrected chi connectivity index (χ2v) is 10.0. The van der Waals surface area contributed by atoms with Crippen LogP contribution in [0.2, 0.25) is 0 Å². The van der Waals surface area contributed by atoms with E-state index in [1.165, 1.54) is 128 Å². The van der Waals surface area contributed by atoms with E-state index in [9.17, 15) is 10.2 Å². The van der Waals surface area contributed by atoms with Crippen LogP contribution in [0.25, 0.3) is 0 Å². The van der Waals surface area contributed by atoms with Crippen molar-refractivity contribution in [2.45, 2.75) is 173 Å². The fraction of sp³-hybridized carbons (Fsp3) is 1.00. The van der Waals surface area contributed by atoms with E-state index in [1.807, 2.05) is 6.92 Å². The summed E-state index contributed by atoms with van der Waals surface area (Å²) >= 11 is 0. The van der Waals surface area contributed by atoms with Gasteiger partial charge in [0.05, 0.1) is 12.2 Å². The summed E-state index contributed by atoms with van der Waals surface area (Å²) in [5.74, 6) is 0. The Balaban J connectivity index is 3.04. The Morgan fingerprint density at radius 2 is 0.645 bits per heavy atom. The van der Waals surface area contributed by atoms with Gasteiger partial charge < -0.3 is 15.3 Å². The number of aliphatic hydroxyl groups excluding tert-OH is 3. The van der Waals surface area contributed by atoms with Gasteiger partial charge in [-0.1, -0.05) is 135 Å². The summed E-state index contributed by atoms with van der Waals surface area (Å²) in [6.45, 7) is 2.00. The first-order chi connectivity index (χ1) is 15.2. The standard InChI is InChI=1S/C28H58O3/c1-27(30)23-21-19-17-15-13-11-9-7-5-3-2-4-6-8-10-12-14-16-18-20-22-24-28(31)25-26-29/h27-31H,2-26H2,1H3. The Kier molecular flexibility index (Phi) is 26.0. The first kappa shape index (κ1) is 30.9. The van der Waals surface area contributed by atoms with Gasteiger partial charge in [0.15, 0.2) is 0 Å². The molecular formula is C28H58O3. The van der Waals surface area contributed by atoms with E-state index in [0.717, 1.165) is 19.3 Å². The molecule has 0 rings (SSSR count). The van der Waals surface area contributed by atoms with Gasteiger partial charge in [0, 0.05) is 6.61 Å². The van der Waals surface area contributed by atoms with Crippen molar-refractivity contribution in [3.63, 3.8) is 0 Å². The lowest BCUT2D eigenvalue weighted by molar-refractivity contribution is 0.122. The fourth-order valence-corrected chi connectivity index (χ4v) is 4.47.